The number of rotatable bonds is 4. The van der Waals surface area contributed by atoms with Crippen LogP contribution >= 0.6 is 0 Å². The van der Waals surface area contributed by atoms with Crippen molar-refractivity contribution in [3.8, 4) is 0 Å². The molecule has 1 aliphatic carbocycles. The highest BCUT2D eigenvalue weighted by molar-refractivity contribution is 4.89. The van der Waals surface area contributed by atoms with Crippen LogP contribution < -0.4 is 5.32 Å². The van der Waals surface area contributed by atoms with Gasteiger partial charge in [0.25, 0.3) is 0 Å². The van der Waals surface area contributed by atoms with Gasteiger partial charge in [-0.1, -0.05) is 6.92 Å². The fourth-order valence-electron chi connectivity index (χ4n) is 1.05. The zero-order chi connectivity index (χ0) is 8.43. The summed E-state index contributed by atoms with van der Waals surface area (Å²) < 4.78 is 0. The molecule has 2 heteroatoms. The molecule has 0 aromatic heterocycles. The normalized spacial score (nSPS) is 30.0. The molecule has 66 valence electrons. The first-order chi connectivity index (χ1) is 5.11. The van der Waals surface area contributed by atoms with E-state index in [4.69, 9.17) is 0 Å². The Kier molecular flexibility index (Phi) is 2.90. The molecule has 0 radical (unpaired) electrons. The van der Waals surface area contributed by atoms with Crippen molar-refractivity contribution >= 4 is 0 Å². The zero-order valence-corrected chi connectivity index (χ0v) is 8.09. The highest BCUT2D eigenvalue weighted by Gasteiger charge is 2.31. The first kappa shape index (κ1) is 9.01. The highest BCUT2D eigenvalue weighted by Crippen LogP contribution is 2.28. The van der Waals surface area contributed by atoms with Crippen molar-refractivity contribution in [3.63, 3.8) is 0 Å². The standard InChI is InChI=1S/C9H20N2/c1-7(2)11(4)6-10-9-5-8(9)3/h7-10H,5-6H2,1-4H3. The minimum absolute atomic E-state index is 0.650. The Labute approximate surface area is 70.0 Å². The third kappa shape index (κ3) is 2.80. The van der Waals surface area contributed by atoms with Gasteiger partial charge in [0.05, 0.1) is 0 Å². The molecule has 1 saturated carbocycles. The molecule has 0 amide bonds. The minimum atomic E-state index is 0.650. The van der Waals surface area contributed by atoms with Crippen LogP contribution in [0.3, 0.4) is 0 Å². The first-order valence-electron chi connectivity index (χ1n) is 4.55. The van der Waals surface area contributed by atoms with Crippen LogP contribution in [0.1, 0.15) is 27.2 Å². The summed E-state index contributed by atoms with van der Waals surface area (Å²) >= 11 is 0. The predicted molar refractivity (Wildman–Crippen MR) is 48.5 cm³/mol. The molecule has 1 N–H and O–H groups in total. The van der Waals surface area contributed by atoms with E-state index in [1.807, 2.05) is 0 Å². The molecule has 0 heterocycles. The van der Waals surface area contributed by atoms with E-state index in [-0.39, 0.29) is 0 Å². The lowest BCUT2D eigenvalue weighted by Gasteiger charge is -2.21. The molecule has 0 spiro atoms. The zero-order valence-electron chi connectivity index (χ0n) is 8.09. The fraction of sp³-hybridized carbons (Fsp3) is 1.00. The van der Waals surface area contributed by atoms with Gasteiger partial charge in [0.1, 0.15) is 0 Å². The van der Waals surface area contributed by atoms with Gasteiger partial charge in [-0.05, 0) is 33.2 Å². The van der Waals surface area contributed by atoms with E-state index in [1.54, 1.807) is 0 Å². The molecule has 2 nitrogen and oxygen atoms in total. The Balaban J connectivity index is 2.03. The van der Waals surface area contributed by atoms with E-state index < -0.39 is 0 Å². The molecule has 11 heavy (non-hydrogen) atoms. The third-order valence-corrected chi connectivity index (χ3v) is 2.59. The Bertz CT molecular complexity index is 123. The smallest absolute Gasteiger partial charge is 0.0482 e. The summed E-state index contributed by atoms with van der Waals surface area (Å²) in [5.74, 6) is 0.913. The quantitative estimate of drug-likeness (QED) is 0.617. The summed E-state index contributed by atoms with van der Waals surface area (Å²) in [6, 6.07) is 1.45. The van der Waals surface area contributed by atoms with Crippen molar-refractivity contribution in [2.45, 2.75) is 39.3 Å². The van der Waals surface area contributed by atoms with E-state index in [1.165, 1.54) is 6.42 Å². The molecule has 2 atom stereocenters. The van der Waals surface area contributed by atoms with Gasteiger partial charge in [-0.3, -0.25) is 4.90 Å². The van der Waals surface area contributed by atoms with Crippen molar-refractivity contribution in [2.24, 2.45) is 5.92 Å². The molecule has 1 fully saturated rings. The second-order valence-corrected chi connectivity index (χ2v) is 4.03. The van der Waals surface area contributed by atoms with Gasteiger partial charge in [-0.15, -0.1) is 0 Å². The van der Waals surface area contributed by atoms with Crippen molar-refractivity contribution < 1.29 is 0 Å². The molecule has 0 aromatic carbocycles. The molecule has 1 aliphatic rings. The lowest BCUT2D eigenvalue weighted by molar-refractivity contribution is 0.250. The lowest BCUT2D eigenvalue weighted by Crippen LogP contribution is -2.37. The monoisotopic (exact) mass is 156 g/mol. The van der Waals surface area contributed by atoms with Crippen LogP contribution in [0, 0.1) is 5.92 Å². The molecule has 1 rings (SSSR count). The lowest BCUT2D eigenvalue weighted by atomic mass is 10.4. The molecule has 0 bridgehead atoms. The van der Waals surface area contributed by atoms with E-state index in [0.29, 0.717) is 6.04 Å². The number of nitrogens with one attached hydrogen (secondary N) is 1. The molecule has 0 aromatic rings. The summed E-state index contributed by atoms with van der Waals surface area (Å²) in [5.41, 5.74) is 0. The third-order valence-electron chi connectivity index (χ3n) is 2.59. The number of hydrogen-bond acceptors (Lipinski definition) is 2. The van der Waals surface area contributed by atoms with Gasteiger partial charge >= 0.3 is 0 Å². The van der Waals surface area contributed by atoms with Gasteiger partial charge in [0.2, 0.25) is 0 Å². The highest BCUT2D eigenvalue weighted by atomic mass is 15.2. The van der Waals surface area contributed by atoms with Crippen LogP contribution in [-0.2, 0) is 0 Å². The summed E-state index contributed by atoms with van der Waals surface area (Å²) in [5, 5.41) is 3.51. The summed E-state index contributed by atoms with van der Waals surface area (Å²) in [6.07, 6.45) is 1.37. The fourth-order valence-corrected chi connectivity index (χ4v) is 1.05. The van der Waals surface area contributed by atoms with Crippen LogP contribution in [-0.4, -0.2) is 30.7 Å². The first-order valence-corrected chi connectivity index (χ1v) is 4.55. The average molecular weight is 156 g/mol. The Morgan fingerprint density at radius 3 is 2.45 bits per heavy atom. The average Bonchev–Trinajstić information content (AvgIpc) is 2.61. The summed E-state index contributed by atoms with van der Waals surface area (Å²) in [4.78, 5) is 2.32. The Morgan fingerprint density at radius 2 is 2.09 bits per heavy atom. The van der Waals surface area contributed by atoms with E-state index in [9.17, 15) is 0 Å². The van der Waals surface area contributed by atoms with Crippen LogP contribution in [0.15, 0.2) is 0 Å². The summed E-state index contributed by atoms with van der Waals surface area (Å²) in [6.45, 7) is 7.77. The van der Waals surface area contributed by atoms with Crippen LogP contribution in [0.4, 0.5) is 0 Å². The molecule has 0 aliphatic heterocycles. The van der Waals surface area contributed by atoms with Crippen molar-refractivity contribution in [1.82, 2.24) is 10.2 Å². The minimum Gasteiger partial charge on any atom is -0.301 e. The van der Waals surface area contributed by atoms with Gasteiger partial charge in [0.15, 0.2) is 0 Å². The van der Waals surface area contributed by atoms with E-state index >= 15 is 0 Å². The van der Waals surface area contributed by atoms with E-state index in [2.05, 4.69) is 38.0 Å². The second-order valence-electron chi connectivity index (χ2n) is 4.03. The largest absolute Gasteiger partial charge is 0.301 e. The van der Waals surface area contributed by atoms with Crippen molar-refractivity contribution in [2.75, 3.05) is 13.7 Å². The SMILES string of the molecule is CC1CC1NCN(C)C(C)C. The number of nitrogens with zero attached hydrogens (tertiary/aromatic N) is 1. The molecular weight excluding hydrogens is 136 g/mol. The second kappa shape index (κ2) is 3.55. The van der Waals surface area contributed by atoms with E-state index in [0.717, 1.165) is 18.6 Å². The van der Waals surface area contributed by atoms with Crippen molar-refractivity contribution in [3.05, 3.63) is 0 Å². The molecule has 0 saturated heterocycles. The summed E-state index contributed by atoms with van der Waals surface area (Å²) in [7, 11) is 2.16. The topological polar surface area (TPSA) is 15.3 Å². The van der Waals surface area contributed by atoms with Gasteiger partial charge < -0.3 is 5.32 Å². The van der Waals surface area contributed by atoms with Crippen LogP contribution in [0.5, 0.6) is 0 Å². The van der Waals surface area contributed by atoms with Crippen LogP contribution in [0.25, 0.3) is 0 Å². The van der Waals surface area contributed by atoms with Crippen LogP contribution in [0.2, 0.25) is 0 Å². The maximum atomic E-state index is 3.51. The Morgan fingerprint density at radius 1 is 1.55 bits per heavy atom. The number of hydrogen-bond donors (Lipinski definition) is 1. The molecule has 2 unspecified atom stereocenters. The maximum Gasteiger partial charge on any atom is 0.0482 e. The van der Waals surface area contributed by atoms with Crippen molar-refractivity contribution in [1.29, 1.82) is 0 Å². The Hall–Kier alpha value is -0.0800. The maximum absolute atomic E-state index is 3.51. The van der Waals surface area contributed by atoms with Gasteiger partial charge in [-0.2, -0.15) is 0 Å². The predicted octanol–water partition coefficient (Wildman–Crippen LogP) is 1.28. The van der Waals surface area contributed by atoms with Gasteiger partial charge in [-0.25, -0.2) is 0 Å². The molecular formula is C9H20N2. The van der Waals surface area contributed by atoms with Gasteiger partial charge in [0, 0.05) is 18.8 Å².